The van der Waals surface area contributed by atoms with E-state index in [0.29, 0.717) is 31.5 Å². The first-order valence-electron chi connectivity index (χ1n) is 8.99. The maximum atomic E-state index is 12.2. The third kappa shape index (κ3) is 7.58. The third-order valence-electron chi connectivity index (χ3n) is 4.52. The molecule has 25 heavy (non-hydrogen) atoms. The van der Waals surface area contributed by atoms with Crippen molar-refractivity contribution in [3.05, 3.63) is 0 Å². The van der Waals surface area contributed by atoms with Gasteiger partial charge in [-0.05, 0) is 45.4 Å². The zero-order valence-corrected chi connectivity index (χ0v) is 19.4. The molecule has 2 N–H and O–H groups in total. The van der Waals surface area contributed by atoms with Gasteiger partial charge in [-0.1, -0.05) is 13.8 Å². The number of halogens is 1. The molecule has 1 fully saturated rings. The van der Waals surface area contributed by atoms with Crippen LogP contribution in [0.5, 0.6) is 0 Å². The minimum absolute atomic E-state index is 0. The van der Waals surface area contributed by atoms with Crippen LogP contribution in [0.1, 0.15) is 47.5 Å². The van der Waals surface area contributed by atoms with Gasteiger partial charge in [-0.2, -0.15) is 0 Å². The molecule has 6 nitrogen and oxygen atoms in total. The van der Waals surface area contributed by atoms with Crippen molar-refractivity contribution in [2.24, 2.45) is 16.8 Å². The molecule has 150 valence electrons. The van der Waals surface area contributed by atoms with Crippen molar-refractivity contribution in [3.8, 4) is 0 Å². The summed E-state index contributed by atoms with van der Waals surface area (Å²) in [7, 11) is -3.06. The van der Waals surface area contributed by atoms with Crippen LogP contribution in [0, 0.1) is 11.8 Å². The van der Waals surface area contributed by atoms with Gasteiger partial charge in [0.05, 0.1) is 10.5 Å². The van der Waals surface area contributed by atoms with Crippen molar-refractivity contribution >= 4 is 39.8 Å². The normalized spacial score (nSPS) is 20.9. The van der Waals surface area contributed by atoms with Crippen molar-refractivity contribution in [2.75, 3.05) is 38.5 Å². The van der Waals surface area contributed by atoms with Crippen LogP contribution in [0.4, 0.5) is 0 Å². The highest BCUT2D eigenvalue weighted by Crippen LogP contribution is 2.24. The number of nitrogens with one attached hydrogen (secondary N) is 1. The molecule has 8 heteroatoms. The van der Waals surface area contributed by atoms with Gasteiger partial charge >= 0.3 is 0 Å². The van der Waals surface area contributed by atoms with Gasteiger partial charge in [0.2, 0.25) is 0 Å². The van der Waals surface area contributed by atoms with E-state index in [2.05, 4.69) is 24.1 Å². The summed E-state index contributed by atoms with van der Waals surface area (Å²) >= 11 is 0. The van der Waals surface area contributed by atoms with E-state index in [1.807, 2.05) is 6.92 Å². The molecule has 0 radical (unpaired) electrons. The first-order valence-corrected chi connectivity index (χ1v) is 10.6. The minimum atomic E-state index is -3.06. The summed E-state index contributed by atoms with van der Waals surface area (Å²) in [5.41, 5.74) is 0. The van der Waals surface area contributed by atoms with Gasteiger partial charge in [0.25, 0.3) is 0 Å². The monoisotopic (exact) mass is 489 g/mol. The van der Waals surface area contributed by atoms with Crippen LogP contribution in [0.2, 0.25) is 0 Å². The Kier molecular flexibility index (Phi) is 10.9. The van der Waals surface area contributed by atoms with Crippen molar-refractivity contribution < 1.29 is 13.5 Å². The highest BCUT2D eigenvalue weighted by atomic mass is 127. The molecule has 0 aliphatic carbocycles. The van der Waals surface area contributed by atoms with E-state index in [0.717, 1.165) is 25.3 Å². The van der Waals surface area contributed by atoms with E-state index in [-0.39, 0.29) is 36.3 Å². The second-order valence-corrected chi connectivity index (χ2v) is 10.4. The molecule has 1 saturated heterocycles. The number of aliphatic hydroxyl groups excluding tert-OH is 1. The molecule has 0 aromatic heterocycles. The van der Waals surface area contributed by atoms with Gasteiger partial charge < -0.3 is 15.3 Å². The lowest BCUT2D eigenvalue weighted by molar-refractivity contribution is 0.245. The first kappa shape index (κ1) is 24.9. The standard InChI is InChI=1S/C17H35N3O3S.HI/c1-6-18-16(19-12-15(7-9-21)11-14(2)3)20-8-10-24(22,23)17(4,5)13-20;/h14-15,21H,6-13H2,1-5H3,(H,18,19);1H. The summed E-state index contributed by atoms with van der Waals surface area (Å²) < 4.78 is 23.6. The quantitative estimate of drug-likeness (QED) is 0.325. The number of aliphatic imine (C=N–C) groups is 1. The molecule has 0 amide bonds. The van der Waals surface area contributed by atoms with Gasteiger partial charge in [-0.15, -0.1) is 24.0 Å². The molecule has 1 unspecified atom stereocenters. The maximum Gasteiger partial charge on any atom is 0.194 e. The highest BCUT2D eigenvalue weighted by molar-refractivity contribution is 14.0. The molecule has 1 aliphatic rings. The Hall–Kier alpha value is -0.0900. The van der Waals surface area contributed by atoms with Gasteiger partial charge in [0, 0.05) is 32.8 Å². The molecule has 0 saturated carbocycles. The van der Waals surface area contributed by atoms with Crippen molar-refractivity contribution in [2.45, 2.75) is 52.2 Å². The largest absolute Gasteiger partial charge is 0.396 e. The average molecular weight is 489 g/mol. The fraction of sp³-hybridized carbons (Fsp3) is 0.941. The van der Waals surface area contributed by atoms with Crippen LogP contribution in [-0.2, 0) is 9.84 Å². The second-order valence-electron chi connectivity index (χ2n) is 7.70. The summed E-state index contributed by atoms with van der Waals surface area (Å²) in [6.45, 7) is 12.5. The van der Waals surface area contributed by atoms with Crippen molar-refractivity contribution in [1.29, 1.82) is 0 Å². The smallest absolute Gasteiger partial charge is 0.194 e. The molecular formula is C17H36IN3O3S. The van der Waals surface area contributed by atoms with Crippen LogP contribution in [0.15, 0.2) is 4.99 Å². The topological polar surface area (TPSA) is 82.0 Å². The fourth-order valence-electron chi connectivity index (χ4n) is 3.10. The van der Waals surface area contributed by atoms with E-state index < -0.39 is 14.6 Å². The lowest BCUT2D eigenvalue weighted by atomic mass is 9.94. The van der Waals surface area contributed by atoms with Crippen LogP contribution in [0.3, 0.4) is 0 Å². The number of hydrogen-bond donors (Lipinski definition) is 2. The number of nitrogens with zero attached hydrogens (tertiary/aromatic N) is 2. The Labute approximate surface area is 170 Å². The molecule has 0 aromatic rings. The van der Waals surface area contributed by atoms with Gasteiger partial charge in [0.15, 0.2) is 15.8 Å². The zero-order chi connectivity index (χ0) is 18.4. The summed E-state index contributed by atoms with van der Waals surface area (Å²) in [4.78, 5) is 6.80. The summed E-state index contributed by atoms with van der Waals surface area (Å²) in [6.07, 6.45) is 1.78. The fourth-order valence-corrected chi connectivity index (χ4v) is 4.46. The van der Waals surface area contributed by atoms with E-state index in [9.17, 15) is 13.5 Å². The summed E-state index contributed by atoms with van der Waals surface area (Å²) in [5, 5.41) is 12.5. The van der Waals surface area contributed by atoms with Crippen LogP contribution in [0.25, 0.3) is 0 Å². The van der Waals surface area contributed by atoms with E-state index in [1.165, 1.54) is 0 Å². The molecule has 0 aromatic carbocycles. The van der Waals surface area contributed by atoms with E-state index in [4.69, 9.17) is 4.99 Å². The molecule has 1 atom stereocenters. The van der Waals surface area contributed by atoms with Gasteiger partial charge in [-0.25, -0.2) is 8.42 Å². The molecule has 0 spiro atoms. The molecular weight excluding hydrogens is 453 g/mol. The van der Waals surface area contributed by atoms with Gasteiger partial charge in [-0.3, -0.25) is 4.99 Å². The van der Waals surface area contributed by atoms with Crippen molar-refractivity contribution in [1.82, 2.24) is 10.2 Å². The molecule has 1 aliphatic heterocycles. The summed E-state index contributed by atoms with van der Waals surface area (Å²) in [6, 6.07) is 0. The Morgan fingerprint density at radius 2 is 2.00 bits per heavy atom. The third-order valence-corrected chi connectivity index (χ3v) is 7.05. The molecule has 1 heterocycles. The Bertz CT molecular complexity index is 521. The Morgan fingerprint density at radius 1 is 1.36 bits per heavy atom. The number of guanidine groups is 1. The van der Waals surface area contributed by atoms with Crippen LogP contribution < -0.4 is 5.32 Å². The second kappa shape index (κ2) is 10.9. The first-order chi connectivity index (χ1) is 11.1. The number of hydrogen-bond acceptors (Lipinski definition) is 4. The SMILES string of the molecule is CCNC(=NCC(CCO)CC(C)C)N1CCS(=O)(=O)C(C)(C)C1.I. The lowest BCUT2D eigenvalue weighted by Crippen LogP contribution is -2.57. The Balaban J connectivity index is 0.00000576. The van der Waals surface area contributed by atoms with Gasteiger partial charge in [0.1, 0.15) is 0 Å². The molecule has 0 bridgehead atoms. The number of rotatable bonds is 7. The van der Waals surface area contributed by atoms with Crippen LogP contribution >= 0.6 is 24.0 Å². The highest BCUT2D eigenvalue weighted by Gasteiger charge is 2.40. The zero-order valence-electron chi connectivity index (χ0n) is 16.3. The predicted molar refractivity (Wildman–Crippen MR) is 115 cm³/mol. The van der Waals surface area contributed by atoms with Crippen LogP contribution in [-0.4, -0.2) is 67.7 Å². The number of aliphatic hydroxyl groups is 1. The minimum Gasteiger partial charge on any atom is -0.396 e. The van der Waals surface area contributed by atoms with E-state index in [1.54, 1.807) is 13.8 Å². The lowest BCUT2D eigenvalue weighted by Gasteiger charge is -2.39. The van der Waals surface area contributed by atoms with Crippen molar-refractivity contribution in [3.63, 3.8) is 0 Å². The number of sulfone groups is 1. The summed E-state index contributed by atoms with van der Waals surface area (Å²) in [5.74, 6) is 1.87. The predicted octanol–water partition coefficient (Wildman–Crippen LogP) is 2.12. The Morgan fingerprint density at radius 3 is 2.48 bits per heavy atom. The molecule has 1 rings (SSSR count). The maximum absolute atomic E-state index is 12.2. The van der Waals surface area contributed by atoms with E-state index >= 15 is 0 Å². The average Bonchev–Trinajstić information content (AvgIpc) is 2.46.